The summed E-state index contributed by atoms with van der Waals surface area (Å²) in [7, 11) is 0. The van der Waals surface area contributed by atoms with E-state index in [9.17, 15) is 4.79 Å². The first-order chi connectivity index (χ1) is 13.9. The fraction of sp³-hybridized carbons (Fsp3) is 0.174. The maximum absolute atomic E-state index is 12.7. The van der Waals surface area contributed by atoms with Crippen molar-refractivity contribution in [2.45, 2.75) is 25.6 Å². The highest BCUT2D eigenvalue weighted by Gasteiger charge is 2.25. The van der Waals surface area contributed by atoms with Crippen LogP contribution in [0.4, 0.5) is 0 Å². The molecule has 6 heteroatoms. The van der Waals surface area contributed by atoms with Crippen LogP contribution in [0.15, 0.2) is 60.7 Å². The fourth-order valence-corrected chi connectivity index (χ4v) is 4.49. The van der Waals surface area contributed by atoms with Crippen molar-refractivity contribution in [3.8, 4) is 11.1 Å². The number of rotatable bonds is 4. The Balaban J connectivity index is 1.48. The van der Waals surface area contributed by atoms with Crippen LogP contribution in [-0.2, 0) is 17.9 Å². The van der Waals surface area contributed by atoms with E-state index in [1.807, 2.05) is 41.3 Å². The molecular weight excluding hydrogens is 427 g/mol. The van der Waals surface area contributed by atoms with Crippen molar-refractivity contribution < 1.29 is 4.79 Å². The third-order valence-electron chi connectivity index (χ3n) is 5.23. The number of nitrogens with zero attached hydrogens (tertiary/aromatic N) is 1. The van der Waals surface area contributed by atoms with Crippen molar-refractivity contribution in [1.29, 1.82) is 0 Å². The quantitative estimate of drug-likeness (QED) is 0.516. The van der Waals surface area contributed by atoms with Gasteiger partial charge in [-0.15, -0.1) is 0 Å². The van der Waals surface area contributed by atoms with Crippen LogP contribution in [0, 0.1) is 0 Å². The molecule has 0 fully saturated rings. The molecule has 2 N–H and O–H groups in total. The Hall–Kier alpha value is -2.04. The van der Waals surface area contributed by atoms with Crippen LogP contribution >= 0.6 is 34.8 Å². The number of hydrogen-bond donors (Lipinski definition) is 1. The molecule has 1 aliphatic rings. The third kappa shape index (κ3) is 4.29. The van der Waals surface area contributed by atoms with Gasteiger partial charge in [-0.1, -0.05) is 77.3 Å². The van der Waals surface area contributed by atoms with Gasteiger partial charge in [-0.3, -0.25) is 4.79 Å². The molecule has 3 nitrogen and oxygen atoms in total. The van der Waals surface area contributed by atoms with Crippen LogP contribution in [0.25, 0.3) is 11.1 Å². The second-order valence-corrected chi connectivity index (χ2v) is 8.44. The molecule has 1 heterocycles. The van der Waals surface area contributed by atoms with Crippen molar-refractivity contribution in [3.63, 3.8) is 0 Å². The number of hydrogen-bond acceptors (Lipinski definition) is 2. The number of benzene rings is 3. The zero-order valence-electron chi connectivity index (χ0n) is 15.5. The minimum Gasteiger partial charge on any atom is -0.334 e. The van der Waals surface area contributed by atoms with E-state index < -0.39 is 6.04 Å². The van der Waals surface area contributed by atoms with Crippen molar-refractivity contribution in [2.24, 2.45) is 5.73 Å². The highest BCUT2D eigenvalue weighted by molar-refractivity contribution is 6.36. The maximum Gasteiger partial charge on any atom is 0.225 e. The maximum atomic E-state index is 12.7. The minimum atomic E-state index is -0.478. The topological polar surface area (TPSA) is 46.3 Å². The number of fused-ring (bicyclic) bond motifs is 1. The Kier molecular flexibility index (Phi) is 5.84. The monoisotopic (exact) mass is 444 g/mol. The van der Waals surface area contributed by atoms with Crippen LogP contribution in [0.5, 0.6) is 0 Å². The van der Waals surface area contributed by atoms with Crippen molar-refractivity contribution in [1.82, 2.24) is 4.90 Å². The molecule has 29 heavy (non-hydrogen) atoms. The SMILES string of the molecule is NC(CC(=O)N1Cc2ccccc2C1)c1ccc(-c2ccc(Cl)cc2Cl)cc1Cl. The van der Waals surface area contributed by atoms with Crippen LogP contribution in [0.2, 0.25) is 15.1 Å². The lowest BCUT2D eigenvalue weighted by Crippen LogP contribution is -2.29. The summed E-state index contributed by atoms with van der Waals surface area (Å²) in [6.07, 6.45) is 0.203. The lowest BCUT2D eigenvalue weighted by molar-refractivity contribution is -0.132. The summed E-state index contributed by atoms with van der Waals surface area (Å²) in [5, 5.41) is 1.64. The average Bonchev–Trinajstić information content (AvgIpc) is 3.12. The van der Waals surface area contributed by atoms with Crippen molar-refractivity contribution in [3.05, 3.63) is 92.4 Å². The van der Waals surface area contributed by atoms with E-state index in [4.69, 9.17) is 40.5 Å². The molecule has 0 spiro atoms. The van der Waals surface area contributed by atoms with Crippen LogP contribution in [0.1, 0.15) is 29.2 Å². The summed E-state index contributed by atoms with van der Waals surface area (Å²) in [6.45, 7) is 1.26. The van der Waals surface area contributed by atoms with Gasteiger partial charge in [0.1, 0.15) is 0 Å². The molecule has 0 aromatic heterocycles. The zero-order chi connectivity index (χ0) is 20.5. The lowest BCUT2D eigenvalue weighted by Gasteiger charge is -2.20. The first-order valence-corrected chi connectivity index (χ1v) is 10.4. The van der Waals surface area contributed by atoms with Gasteiger partial charge in [-0.25, -0.2) is 0 Å². The molecule has 1 atom stereocenters. The molecule has 0 aliphatic carbocycles. The van der Waals surface area contributed by atoms with E-state index >= 15 is 0 Å². The summed E-state index contributed by atoms with van der Waals surface area (Å²) < 4.78 is 0. The number of halogens is 3. The van der Waals surface area contributed by atoms with Crippen LogP contribution < -0.4 is 5.73 Å². The molecule has 148 valence electrons. The Labute approximate surface area is 185 Å². The summed E-state index contributed by atoms with van der Waals surface area (Å²) >= 11 is 18.8. The molecule has 0 radical (unpaired) electrons. The Morgan fingerprint density at radius 2 is 1.62 bits per heavy atom. The number of nitrogens with two attached hydrogens (primary N) is 1. The molecule has 3 aromatic rings. The molecule has 4 rings (SSSR count). The lowest BCUT2D eigenvalue weighted by atomic mass is 9.99. The highest BCUT2D eigenvalue weighted by atomic mass is 35.5. The van der Waals surface area contributed by atoms with Gasteiger partial charge < -0.3 is 10.6 Å². The van der Waals surface area contributed by atoms with Gasteiger partial charge in [-0.2, -0.15) is 0 Å². The van der Waals surface area contributed by atoms with Gasteiger partial charge in [0.2, 0.25) is 5.91 Å². The average molecular weight is 446 g/mol. The first kappa shape index (κ1) is 20.2. The molecule has 1 unspecified atom stereocenters. The molecular formula is C23H19Cl3N2O. The van der Waals surface area contributed by atoms with Gasteiger partial charge >= 0.3 is 0 Å². The van der Waals surface area contributed by atoms with Gasteiger partial charge in [0.05, 0.1) is 0 Å². The van der Waals surface area contributed by atoms with Crippen LogP contribution in [0.3, 0.4) is 0 Å². The van der Waals surface area contributed by atoms with E-state index in [1.165, 1.54) is 11.1 Å². The minimum absolute atomic E-state index is 0.0228. The second-order valence-electron chi connectivity index (χ2n) is 7.19. The predicted octanol–water partition coefficient (Wildman–Crippen LogP) is 6.25. The van der Waals surface area contributed by atoms with E-state index in [0.29, 0.717) is 28.2 Å². The third-order valence-corrected chi connectivity index (χ3v) is 6.11. The molecule has 0 saturated heterocycles. The van der Waals surface area contributed by atoms with Crippen LogP contribution in [-0.4, -0.2) is 10.8 Å². The standard InChI is InChI=1S/C23H19Cl3N2O/c24-17-6-8-18(21(26)10-17)14-5-7-19(20(25)9-14)22(27)11-23(29)28-12-15-3-1-2-4-16(15)13-28/h1-10,22H,11-13,27H2. The Bertz CT molecular complexity index is 1060. The molecule has 1 aliphatic heterocycles. The summed E-state index contributed by atoms with van der Waals surface area (Å²) in [4.78, 5) is 14.6. The Morgan fingerprint density at radius 3 is 2.24 bits per heavy atom. The Morgan fingerprint density at radius 1 is 0.931 bits per heavy atom. The summed E-state index contributed by atoms with van der Waals surface area (Å²) in [6, 6.07) is 18.5. The fourth-order valence-electron chi connectivity index (χ4n) is 3.66. The second kappa shape index (κ2) is 8.37. The number of carbonyl (C=O) groups is 1. The van der Waals surface area contributed by atoms with E-state index in [2.05, 4.69) is 12.1 Å². The van der Waals surface area contributed by atoms with Gasteiger partial charge in [-0.05, 0) is 40.5 Å². The molecule has 1 amide bonds. The highest BCUT2D eigenvalue weighted by Crippen LogP contribution is 2.34. The number of amides is 1. The van der Waals surface area contributed by atoms with Gasteiger partial charge in [0.25, 0.3) is 0 Å². The van der Waals surface area contributed by atoms with Gasteiger partial charge in [0.15, 0.2) is 0 Å². The summed E-state index contributed by atoms with van der Waals surface area (Å²) in [5.74, 6) is 0.0228. The van der Waals surface area contributed by atoms with Gasteiger partial charge in [0, 0.05) is 46.2 Å². The normalized spacial score (nSPS) is 14.0. The molecule has 0 bridgehead atoms. The van der Waals surface area contributed by atoms with Crippen molar-refractivity contribution >= 4 is 40.7 Å². The van der Waals surface area contributed by atoms with E-state index in [1.54, 1.807) is 12.1 Å². The predicted molar refractivity (Wildman–Crippen MR) is 119 cm³/mol. The van der Waals surface area contributed by atoms with E-state index in [0.717, 1.165) is 16.7 Å². The smallest absolute Gasteiger partial charge is 0.225 e. The zero-order valence-corrected chi connectivity index (χ0v) is 17.8. The molecule has 3 aromatic carbocycles. The number of carbonyl (C=O) groups excluding carboxylic acids is 1. The van der Waals surface area contributed by atoms with Crippen molar-refractivity contribution in [2.75, 3.05) is 0 Å². The van der Waals surface area contributed by atoms with E-state index in [-0.39, 0.29) is 12.3 Å². The molecule has 0 saturated carbocycles. The summed E-state index contributed by atoms with van der Waals surface area (Å²) in [5.41, 5.74) is 11.2. The first-order valence-electron chi connectivity index (χ1n) is 9.27. The largest absolute Gasteiger partial charge is 0.334 e.